The van der Waals surface area contributed by atoms with E-state index >= 15 is 0 Å². The highest BCUT2D eigenvalue weighted by Crippen LogP contribution is 2.30. The van der Waals surface area contributed by atoms with E-state index in [1.54, 1.807) is 30.2 Å². The maximum absolute atomic E-state index is 5.32. The molecule has 26 heavy (non-hydrogen) atoms. The second kappa shape index (κ2) is 7.48. The van der Waals surface area contributed by atoms with Gasteiger partial charge in [0.15, 0.2) is 0 Å². The molecule has 4 rings (SSSR count). The smallest absolute Gasteiger partial charge is 0.123 e. The number of aromatic nitrogens is 2. The van der Waals surface area contributed by atoms with Gasteiger partial charge in [-0.1, -0.05) is 42.1 Å². The predicted octanol–water partition coefficient (Wildman–Crippen LogP) is 5.97. The van der Waals surface area contributed by atoms with Crippen LogP contribution in [0.3, 0.4) is 0 Å². The average molecular weight is 379 g/mol. The summed E-state index contributed by atoms with van der Waals surface area (Å²) in [5, 5.41) is 5.37. The molecule has 0 aliphatic rings. The Labute approximate surface area is 161 Å². The molecule has 0 atom stereocenters. The highest BCUT2D eigenvalue weighted by molar-refractivity contribution is 7.98. The summed E-state index contributed by atoms with van der Waals surface area (Å²) in [4.78, 5) is 9.54. The van der Waals surface area contributed by atoms with E-state index in [2.05, 4.69) is 36.6 Å². The zero-order chi connectivity index (χ0) is 17.9. The third kappa shape index (κ3) is 3.59. The van der Waals surface area contributed by atoms with E-state index in [9.17, 15) is 0 Å². The largest absolute Gasteiger partial charge is 0.497 e. The van der Waals surface area contributed by atoms with E-state index in [4.69, 9.17) is 14.7 Å². The van der Waals surface area contributed by atoms with Crippen LogP contribution in [0, 0.1) is 6.92 Å². The second-order valence-corrected chi connectivity index (χ2v) is 7.81. The van der Waals surface area contributed by atoms with Crippen molar-refractivity contribution in [2.24, 2.45) is 0 Å². The van der Waals surface area contributed by atoms with Gasteiger partial charge in [-0.15, -0.1) is 11.3 Å². The van der Waals surface area contributed by atoms with Crippen molar-refractivity contribution in [3.05, 3.63) is 71.2 Å². The first-order chi connectivity index (χ1) is 12.7. The van der Waals surface area contributed by atoms with E-state index in [1.165, 1.54) is 11.1 Å². The highest BCUT2D eigenvalue weighted by atomic mass is 32.2. The van der Waals surface area contributed by atoms with Gasteiger partial charge in [-0.3, -0.25) is 0 Å². The Morgan fingerprint density at radius 2 is 1.88 bits per heavy atom. The highest BCUT2D eigenvalue weighted by Gasteiger charge is 2.08. The van der Waals surface area contributed by atoms with E-state index < -0.39 is 0 Å². The van der Waals surface area contributed by atoms with Crippen LogP contribution < -0.4 is 4.74 Å². The van der Waals surface area contributed by atoms with Crippen molar-refractivity contribution in [1.82, 2.24) is 9.97 Å². The van der Waals surface area contributed by atoms with Crippen LogP contribution in [-0.2, 0) is 5.75 Å². The first-order valence-corrected chi connectivity index (χ1v) is 10.2. The maximum Gasteiger partial charge on any atom is 0.123 e. The lowest BCUT2D eigenvalue weighted by atomic mass is 10.1. The number of benzene rings is 2. The number of thiazole rings is 1. The number of nitrogens with zero attached hydrogens (tertiary/aromatic N) is 2. The molecule has 4 aromatic rings. The number of fused-ring (bicyclic) bond motifs is 1. The molecule has 2 aromatic heterocycles. The quantitative estimate of drug-likeness (QED) is 0.401. The number of hydrogen-bond donors (Lipinski definition) is 0. The number of aryl methyl sites for hydroxylation is 1. The fraction of sp³-hybridized carbons (Fsp3) is 0.143. The number of hydrogen-bond acceptors (Lipinski definition) is 5. The molecule has 2 aromatic carbocycles. The van der Waals surface area contributed by atoms with Gasteiger partial charge in [0.05, 0.1) is 23.3 Å². The van der Waals surface area contributed by atoms with Crippen LogP contribution in [-0.4, -0.2) is 17.1 Å². The van der Waals surface area contributed by atoms with E-state index in [0.29, 0.717) is 0 Å². The van der Waals surface area contributed by atoms with Crippen molar-refractivity contribution in [3.63, 3.8) is 0 Å². The molecule has 2 heterocycles. The van der Waals surface area contributed by atoms with Gasteiger partial charge in [0, 0.05) is 28.1 Å². The minimum absolute atomic E-state index is 0.811. The van der Waals surface area contributed by atoms with Crippen LogP contribution in [0.25, 0.3) is 21.5 Å². The van der Waals surface area contributed by atoms with Gasteiger partial charge >= 0.3 is 0 Å². The molecule has 0 spiro atoms. The first-order valence-electron chi connectivity index (χ1n) is 8.31. The summed E-state index contributed by atoms with van der Waals surface area (Å²) in [6.07, 6.45) is 0. The topological polar surface area (TPSA) is 35.0 Å². The van der Waals surface area contributed by atoms with Gasteiger partial charge in [0.25, 0.3) is 0 Å². The monoisotopic (exact) mass is 378 g/mol. The van der Waals surface area contributed by atoms with Gasteiger partial charge < -0.3 is 4.74 Å². The van der Waals surface area contributed by atoms with Crippen LogP contribution >= 0.6 is 23.1 Å². The second-order valence-electron chi connectivity index (χ2n) is 5.96. The van der Waals surface area contributed by atoms with Crippen molar-refractivity contribution in [3.8, 4) is 16.3 Å². The van der Waals surface area contributed by atoms with Crippen LogP contribution in [0.1, 0.15) is 11.3 Å². The molecule has 130 valence electrons. The van der Waals surface area contributed by atoms with Crippen LogP contribution in [0.5, 0.6) is 5.75 Å². The molecule has 3 nitrogen and oxygen atoms in total. The molecule has 0 unspecified atom stereocenters. The summed E-state index contributed by atoms with van der Waals surface area (Å²) in [5.41, 5.74) is 4.45. The molecule has 5 heteroatoms. The van der Waals surface area contributed by atoms with E-state index in [-0.39, 0.29) is 0 Å². The number of methoxy groups -OCH3 is 1. The Kier molecular flexibility index (Phi) is 4.91. The van der Waals surface area contributed by atoms with Crippen molar-refractivity contribution < 1.29 is 4.74 Å². The molecule has 0 N–H and O–H groups in total. The molecule has 0 aliphatic heterocycles. The normalized spacial score (nSPS) is 11.0. The van der Waals surface area contributed by atoms with Crippen molar-refractivity contribution in [2.45, 2.75) is 17.7 Å². The molecular formula is C21H18N2OS2. The fourth-order valence-corrected chi connectivity index (χ4v) is 4.58. The maximum atomic E-state index is 5.32. The molecule has 0 fully saturated rings. The van der Waals surface area contributed by atoms with Crippen molar-refractivity contribution >= 4 is 34.0 Å². The third-order valence-electron chi connectivity index (χ3n) is 4.14. The number of rotatable bonds is 5. The molecule has 0 amide bonds. The van der Waals surface area contributed by atoms with Crippen LogP contribution in [0.2, 0.25) is 0 Å². The lowest BCUT2D eigenvalue weighted by molar-refractivity contribution is 0.415. The van der Waals surface area contributed by atoms with Crippen LogP contribution in [0.4, 0.5) is 0 Å². The van der Waals surface area contributed by atoms with E-state index in [0.717, 1.165) is 38.1 Å². The number of pyridine rings is 1. The van der Waals surface area contributed by atoms with Gasteiger partial charge in [0.1, 0.15) is 10.8 Å². The standard InChI is InChI=1S/C21H18N2OS2/c1-14-10-20(23-19-11-17(24-2)8-9-18(14)19)25-12-16-13-26-21(22-16)15-6-4-3-5-7-15/h3-11,13H,12H2,1-2H3. The Hall–Kier alpha value is -2.37. The minimum atomic E-state index is 0.811. The molecule has 0 saturated carbocycles. The zero-order valence-corrected chi connectivity index (χ0v) is 16.2. The summed E-state index contributed by atoms with van der Waals surface area (Å²) < 4.78 is 5.32. The minimum Gasteiger partial charge on any atom is -0.497 e. The third-order valence-corrected chi connectivity index (χ3v) is 6.03. The lowest BCUT2D eigenvalue weighted by Gasteiger charge is -2.07. The van der Waals surface area contributed by atoms with Gasteiger partial charge in [0.2, 0.25) is 0 Å². The van der Waals surface area contributed by atoms with Gasteiger partial charge in [-0.05, 0) is 30.7 Å². The molecule has 0 aliphatic carbocycles. The number of thioether (sulfide) groups is 1. The van der Waals surface area contributed by atoms with E-state index in [1.807, 2.05) is 30.3 Å². The van der Waals surface area contributed by atoms with Gasteiger partial charge in [-0.2, -0.15) is 0 Å². The van der Waals surface area contributed by atoms with Crippen molar-refractivity contribution in [1.29, 1.82) is 0 Å². The van der Waals surface area contributed by atoms with Gasteiger partial charge in [-0.25, -0.2) is 9.97 Å². The number of ether oxygens (including phenoxy) is 1. The summed E-state index contributed by atoms with van der Waals surface area (Å²) in [6.45, 7) is 2.12. The Morgan fingerprint density at radius 1 is 1.04 bits per heavy atom. The predicted molar refractivity (Wildman–Crippen MR) is 110 cm³/mol. The van der Waals surface area contributed by atoms with Crippen molar-refractivity contribution in [2.75, 3.05) is 7.11 Å². The molecular weight excluding hydrogens is 360 g/mol. The summed E-state index contributed by atoms with van der Waals surface area (Å²) >= 11 is 3.40. The molecule has 0 saturated heterocycles. The van der Waals surface area contributed by atoms with Crippen LogP contribution in [0.15, 0.2) is 65.0 Å². The molecule has 0 radical (unpaired) electrons. The fourth-order valence-electron chi connectivity index (χ4n) is 2.79. The summed E-state index contributed by atoms with van der Waals surface area (Å²) in [7, 11) is 1.68. The Bertz CT molecular complexity index is 1040. The average Bonchev–Trinajstić information content (AvgIpc) is 3.16. The zero-order valence-electron chi connectivity index (χ0n) is 14.6. The lowest BCUT2D eigenvalue weighted by Crippen LogP contribution is -1.90. The Balaban J connectivity index is 1.54. The summed E-state index contributed by atoms with van der Waals surface area (Å²) in [5.74, 6) is 1.64. The Morgan fingerprint density at radius 3 is 2.69 bits per heavy atom. The SMILES string of the molecule is COc1ccc2c(C)cc(SCc3csc(-c4ccccc4)n3)nc2c1. The molecule has 0 bridgehead atoms. The summed E-state index contributed by atoms with van der Waals surface area (Å²) in [6, 6.07) is 18.5. The first kappa shape index (κ1) is 17.1.